The van der Waals surface area contributed by atoms with E-state index in [-0.39, 0.29) is 11.9 Å². The number of hydrogen-bond donors (Lipinski definition) is 1. The molecule has 2 aliphatic rings. The summed E-state index contributed by atoms with van der Waals surface area (Å²) in [4.78, 5) is 12.8. The van der Waals surface area contributed by atoms with Crippen LogP contribution >= 0.6 is 0 Å². The van der Waals surface area contributed by atoms with E-state index in [2.05, 4.69) is 5.10 Å². The van der Waals surface area contributed by atoms with Crippen molar-refractivity contribution >= 4 is 17.3 Å². The molecular weight excluding hydrogens is 238 g/mol. The van der Waals surface area contributed by atoms with Gasteiger partial charge in [-0.15, -0.1) is 0 Å². The second-order valence-electron chi connectivity index (χ2n) is 5.56. The van der Waals surface area contributed by atoms with Crippen molar-refractivity contribution in [3.63, 3.8) is 0 Å². The molecule has 100 valence electrons. The van der Waals surface area contributed by atoms with Gasteiger partial charge in [-0.2, -0.15) is 10.1 Å². The molecule has 1 fully saturated rings. The second-order valence-corrected chi connectivity index (χ2v) is 5.56. The number of para-hydroxylation sites is 1. The molecule has 1 saturated carbocycles. The van der Waals surface area contributed by atoms with Crippen LogP contribution in [0.1, 0.15) is 32.6 Å². The number of hydrazone groups is 1. The Labute approximate surface area is 113 Å². The molecule has 3 rings (SSSR count). The van der Waals surface area contributed by atoms with E-state index in [1.165, 1.54) is 0 Å². The van der Waals surface area contributed by atoms with Crippen molar-refractivity contribution in [3.8, 4) is 0 Å². The van der Waals surface area contributed by atoms with Crippen LogP contribution in [0.3, 0.4) is 0 Å². The van der Waals surface area contributed by atoms with Gasteiger partial charge < -0.3 is 5.73 Å². The Balaban J connectivity index is 1.91. The molecule has 1 aromatic rings. The number of rotatable bonds is 1. The van der Waals surface area contributed by atoms with Crippen molar-refractivity contribution in [1.82, 2.24) is 0 Å². The number of benzene rings is 1. The molecule has 1 aliphatic heterocycles. The van der Waals surface area contributed by atoms with Gasteiger partial charge in [0.1, 0.15) is 0 Å². The van der Waals surface area contributed by atoms with Crippen molar-refractivity contribution in [2.24, 2.45) is 16.3 Å². The average Bonchev–Trinajstić information content (AvgIpc) is 2.68. The number of hydrogen-bond acceptors (Lipinski definition) is 3. The van der Waals surface area contributed by atoms with E-state index < -0.39 is 5.41 Å². The summed E-state index contributed by atoms with van der Waals surface area (Å²) >= 11 is 0. The number of amides is 1. The first-order valence-corrected chi connectivity index (χ1v) is 6.84. The minimum atomic E-state index is -0.397. The number of anilines is 1. The average molecular weight is 257 g/mol. The van der Waals surface area contributed by atoms with Crippen LogP contribution in [0, 0.1) is 5.41 Å². The summed E-state index contributed by atoms with van der Waals surface area (Å²) in [5, 5.41) is 6.06. The van der Waals surface area contributed by atoms with Crippen LogP contribution in [0.5, 0.6) is 0 Å². The normalized spacial score (nSPS) is 30.8. The van der Waals surface area contributed by atoms with E-state index in [0.717, 1.165) is 37.1 Å². The van der Waals surface area contributed by atoms with Gasteiger partial charge in [0.15, 0.2) is 0 Å². The molecule has 1 heterocycles. The molecule has 1 aliphatic carbocycles. The fourth-order valence-corrected chi connectivity index (χ4v) is 3.10. The van der Waals surface area contributed by atoms with Gasteiger partial charge in [-0.25, -0.2) is 0 Å². The van der Waals surface area contributed by atoms with Gasteiger partial charge in [0.2, 0.25) is 0 Å². The molecular formula is C15H19N3O. The highest BCUT2D eigenvalue weighted by Gasteiger charge is 2.50. The summed E-state index contributed by atoms with van der Waals surface area (Å²) in [6.07, 6.45) is 3.46. The van der Waals surface area contributed by atoms with Crippen LogP contribution in [0.4, 0.5) is 5.69 Å². The van der Waals surface area contributed by atoms with E-state index in [1.807, 2.05) is 37.3 Å². The van der Waals surface area contributed by atoms with Crippen LogP contribution in [0.25, 0.3) is 0 Å². The number of carbonyl (C=O) groups excluding carboxylic acids is 1. The fourth-order valence-electron chi connectivity index (χ4n) is 3.10. The number of carbonyl (C=O) groups is 1. The molecule has 1 amide bonds. The lowest BCUT2D eigenvalue weighted by Gasteiger charge is -2.34. The summed E-state index contributed by atoms with van der Waals surface area (Å²) in [7, 11) is 0. The van der Waals surface area contributed by atoms with E-state index in [9.17, 15) is 4.79 Å². The molecule has 1 aromatic carbocycles. The molecule has 1 spiro atoms. The summed E-state index contributed by atoms with van der Waals surface area (Å²) in [6.45, 7) is 1.97. The predicted molar refractivity (Wildman–Crippen MR) is 75.9 cm³/mol. The third kappa shape index (κ3) is 1.87. The first-order valence-electron chi connectivity index (χ1n) is 6.84. The fraction of sp³-hybridized carbons (Fsp3) is 0.467. The smallest absolute Gasteiger partial charge is 0.259 e. The summed E-state index contributed by atoms with van der Waals surface area (Å²) in [6, 6.07) is 9.86. The molecule has 0 saturated heterocycles. The topological polar surface area (TPSA) is 58.7 Å². The Morgan fingerprint density at radius 1 is 1.26 bits per heavy atom. The molecule has 0 unspecified atom stereocenters. The SMILES string of the molecule is CC1=NN(c2ccccc2)C(=O)[C@]12CC[C@H](N)CC2. The Kier molecular flexibility index (Phi) is 2.90. The van der Waals surface area contributed by atoms with Crippen molar-refractivity contribution < 1.29 is 4.79 Å². The predicted octanol–water partition coefficient (Wildman–Crippen LogP) is 2.30. The van der Waals surface area contributed by atoms with E-state index in [1.54, 1.807) is 5.01 Å². The molecule has 0 radical (unpaired) electrons. The lowest BCUT2D eigenvalue weighted by molar-refractivity contribution is -0.125. The summed E-state index contributed by atoms with van der Waals surface area (Å²) in [5.74, 6) is 0.114. The maximum absolute atomic E-state index is 12.8. The first kappa shape index (κ1) is 12.4. The molecule has 0 bridgehead atoms. The van der Waals surface area contributed by atoms with Gasteiger partial charge in [0.05, 0.1) is 16.8 Å². The Morgan fingerprint density at radius 3 is 2.53 bits per heavy atom. The van der Waals surface area contributed by atoms with Crippen LogP contribution in [0.2, 0.25) is 0 Å². The maximum atomic E-state index is 12.8. The Hall–Kier alpha value is -1.68. The van der Waals surface area contributed by atoms with Crippen molar-refractivity contribution in [2.75, 3.05) is 5.01 Å². The third-order valence-corrected chi connectivity index (χ3v) is 4.43. The molecule has 0 atom stereocenters. The van der Waals surface area contributed by atoms with Crippen LogP contribution < -0.4 is 10.7 Å². The highest BCUT2D eigenvalue weighted by atomic mass is 16.2. The summed E-state index contributed by atoms with van der Waals surface area (Å²) in [5.41, 5.74) is 7.34. The monoisotopic (exact) mass is 257 g/mol. The number of nitrogens with two attached hydrogens (primary N) is 1. The highest BCUT2D eigenvalue weighted by Crippen LogP contribution is 2.43. The standard InChI is InChI=1S/C15H19N3O/c1-11-15(9-7-12(16)8-10-15)14(19)18(17-11)13-5-3-2-4-6-13/h2-6,12H,7-10,16H2,1H3/t12-,15-. The molecule has 4 nitrogen and oxygen atoms in total. The zero-order valence-corrected chi connectivity index (χ0v) is 11.2. The van der Waals surface area contributed by atoms with Gasteiger partial charge in [-0.05, 0) is 44.7 Å². The van der Waals surface area contributed by atoms with E-state index >= 15 is 0 Å². The van der Waals surface area contributed by atoms with Crippen LogP contribution in [0.15, 0.2) is 35.4 Å². The highest BCUT2D eigenvalue weighted by molar-refractivity contribution is 6.18. The van der Waals surface area contributed by atoms with Gasteiger partial charge >= 0.3 is 0 Å². The van der Waals surface area contributed by atoms with Gasteiger partial charge in [0.25, 0.3) is 5.91 Å². The van der Waals surface area contributed by atoms with Crippen LogP contribution in [-0.2, 0) is 4.79 Å². The lowest BCUT2D eigenvalue weighted by Crippen LogP contribution is -2.44. The molecule has 0 aromatic heterocycles. The van der Waals surface area contributed by atoms with Gasteiger partial charge in [-0.3, -0.25) is 4.79 Å². The Bertz CT molecular complexity index is 515. The third-order valence-electron chi connectivity index (χ3n) is 4.43. The minimum absolute atomic E-state index is 0.114. The molecule has 19 heavy (non-hydrogen) atoms. The second kappa shape index (κ2) is 4.46. The quantitative estimate of drug-likeness (QED) is 0.839. The first-order chi connectivity index (χ1) is 9.13. The Morgan fingerprint density at radius 2 is 1.89 bits per heavy atom. The van der Waals surface area contributed by atoms with Gasteiger partial charge in [-0.1, -0.05) is 18.2 Å². The largest absolute Gasteiger partial charge is 0.328 e. The summed E-state index contributed by atoms with van der Waals surface area (Å²) < 4.78 is 0. The number of nitrogens with zero attached hydrogens (tertiary/aromatic N) is 2. The zero-order valence-electron chi connectivity index (χ0n) is 11.2. The maximum Gasteiger partial charge on any atom is 0.259 e. The zero-order chi connectivity index (χ0) is 13.5. The van der Waals surface area contributed by atoms with Crippen molar-refractivity contribution in [2.45, 2.75) is 38.6 Å². The van der Waals surface area contributed by atoms with E-state index in [4.69, 9.17) is 5.73 Å². The van der Waals surface area contributed by atoms with E-state index in [0.29, 0.717) is 0 Å². The van der Waals surface area contributed by atoms with Gasteiger partial charge in [0, 0.05) is 6.04 Å². The van der Waals surface area contributed by atoms with Crippen molar-refractivity contribution in [1.29, 1.82) is 0 Å². The molecule has 4 heteroatoms. The lowest BCUT2D eigenvalue weighted by atomic mass is 9.69. The van der Waals surface area contributed by atoms with Crippen molar-refractivity contribution in [3.05, 3.63) is 30.3 Å². The van der Waals surface area contributed by atoms with Crippen LogP contribution in [-0.4, -0.2) is 17.7 Å². The molecule has 2 N–H and O–H groups in total. The minimum Gasteiger partial charge on any atom is -0.328 e.